The van der Waals surface area contributed by atoms with Crippen LogP contribution < -0.4 is 10.6 Å². The van der Waals surface area contributed by atoms with E-state index in [9.17, 15) is 4.39 Å². The first-order valence-corrected chi connectivity index (χ1v) is 11.8. The van der Waals surface area contributed by atoms with Crippen molar-refractivity contribution in [3.05, 3.63) is 71.9 Å². The molecule has 0 amide bonds. The lowest BCUT2D eigenvalue weighted by molar-refractivity contribution is 0.626. The van der Waals surface area contributed by atoms with Crippen molar-refractivity contribution in [3.8, 4) is 21.8 Å². The normalized spacial score (nSPS) is 11.2. The van der Waals surface area contributed by atoms with Crippen molar-refractivity contribution in [2.24, 2.45) is 0 Å². The zero-order chi connectivity index (χ0) is 23.7. The van der Waals surface area contributed by atoms with Gasteiger partial charge in [-0.15, -0.1) is 10.2 Å². The quantitative estimate of drug-likeness (QED) is 0.324. The van der Waals surface area contributed by atoms with Crippen LogP contribution in [-0.2, 0) is 6.54 Å². The molecule has 9 heteroatoms. The van der Waals surface area contributed by atoms with Gasteiger partial charge in [-0.25, -0.2) is 14.4 Å². The Labute approximate surface area is 200 Å². The van der Waals surface area contributed by atoms with Crippen LogP contribution in [0.2, 0.25) is 0 Å². The van der Waals surface area contributed by atoms with Crippen LogP contribution in [0.4, 0.5) is 15.3 Å². The molecule has 0 aliphatic rings. The molecule has 0 fully saturated rings. The van der Waals surface area contributed by atoms with E-state index < -0.39 is 0 Å². The van der Waals surface area contributed by atoms with Crippen LogP contribution in [0.15, 0.2) is 54.9 Å². The van der Waals surface area contributed by atoms with Crippen LogP contribution in [0, 0.1) is 19.7 Å². The van der Waals surface area contributed by atoms with E-state index in [1.54, 1.807) is 18.5 Å². The maximum Gasteiger partial charge on any atom is 0.205 e. The van der Waals surface area contributed by atoms with Gasteiger partial charge in [0, 0.05) is 48.4 Å². The predicted octanol–water partition coefficient (Wildman–Crippen LogP) is 5.53. The molecular weight excluding hydrogens is 449 g/mol. The summed E-state index contributed by atoms with van der Waals surface area (Å²) >= 11 is 1.51. The van der Waals surface area contributed by atoms with Gasteiger partial charge >= 0.3 is 0 Å². The van der Waals surface area contributed by atoms with Crippen molar-refractivity contribution in [2.75, 3.05) is 24.2 Å². The number of rotatable bonds is 7. The lowest BCUT2D eigenvalue weighted by atomic mass is 10.1. The molecule has 0 bridgehead atoms. The highest BCUT2D eigenvalue weighted by Gasteiger charge is 2.10. The fourth-order valence-corrected chi connectivity index (χ4v) is 4.76. The van der Waals surface area contributed by atoms with Crippen LogP contribution >= 0.6 is 11.3 Å². The molecule has 0 saturated carbocycles. The Morgan fingerprint density at radius 2 is 1.76 bits per heavy atom. The third kappa shape index (κ3) is 4.34. The topological polar surface area (TPSA) is 80.5 Å². The maximum absolute atomic E-state index is 14.0. The van der Waals surface area contributed by atoms with Crippen molar-refractivity contribution in [2.45, 2.75) is 20.4 Å². The molecule has 5 rings (SSSR count). The van der Waals surface area contributed by atoms with Crippen molar-refractivity contribution >= 4 is 33.2 Å². The lowest BCUT2D eigenvalue weighted by Crippen LogP contribution is -2.12. The number of fused-ring (bicyclic) bond motifs is 1. The average Bonchev–Trinajstić information content (AvgIpc) is 3.45. The van der Waals surface area contributed by atoms with Gasteiger partial charge in [-0.1, -0.05) is 35.6 Å². The highest BCUT2D eigenvalue weighted by Crippen LogP contribution is 2.28. The van der Waals surface area contributed by atoms with Gasteiger partial charge in [-0.3, -0.25) is 0 Å². The summed E-state index contributed by atoms with van der Waals surface area (Å²) in [5.74, 6) is 0.533. The zero-order valence-corrected chi connectivity index (χ0v) is 19.9. The number of nitrogens with zero attached hydrogens (tertiary/aromatic N) is 5. The number of anilines is 2. The minimum Gasteiger partial charge on any atom is -0.368 e. The van der Waals surface area contributed by atoms with E-state index >= 15 is 0 Å². The molecule has 0 unspecified atom stereocenters. The van der Waals surface area contributed by atoms with Gasteiger partial charge in [-0.05, 0) is 37.6 Å². The molecule has 0 radical (unpaired) electrons. The van der Waals surface area contributed by atoms with Crippen LogP contribution in [0.25, 0.3) is 32.7 Å². The number of hydrogen-bond acceptors (Lipinski definition) is 7. The molecule has 0 saturated heterocycles. The van der Waals surface area contributed by atoms with E-state index in [-0.39, 0.29) is 5.82 Å². The minimum absolute atomic E-state index is 0.211. The van der Waals surface area contributed by atoms with E-state index in [2.05, 4.69) is 41.4 Å². The maximum atomic E-state index is 14.0. The second kappa shape index (κ2) is 9.18. The average molecular weight is 474 g/mol. The number of nitrogens with one attached hydrogen (secondary N) is 2. The van der Waals surface area contributed by atoms with Crippen molar-refractivity contribution in [1.29, 1.82) is 0 Å². The number of aromatic nitrogens is 5. The molecule has 2 aromatic carbocycles. The van der Waals surface area contributed by atoms with Crippen LogP contribution in [0.3, 0.4) is 0 Å². The Morgan fingerprint density at radius 3 is 2.53 bits per heavy atom. The van der Waals surface area contributed by atoms with Gasteiger partial charge in [0.2, 0.25) is 5.13 Å². The predicted molar refractivity (Wildman–Crippen MR) is 136 cm³/mol. The molecule has 0 aliphatic carbocycles. The second-order valence-electron chi connectivity index (χ2n) is 8.05. The first-order valence-electron chi connectivity index (χ1n) is 11.0. The van der Waals surface area contributed by atoms with Crippen molar-refractivity contribution < 1.29 is 4.39 Å². The molecule has 7 nitrogen and oxygen atoms in total. The summed E-state index contributed by atoms with van der Waals surface area (Å²) < 4.78 is 16.1. The van der Waals surface area contributed by atoms with E-state index in [0.29, 0.717) is 13.1 Å². The summed E-state index contributed by atoms with van der Waals surface area (Å²) in [5, 5.41) is 17.4. The molecule has 172 valence electrons. The van der Waals surface area contributed by atoms with E-state index in [1.807, 2.05) is 51.2 Å². The molecule has 3 aromatic heterocycles. The summed E-state index contributed by atoms with van der Waals surface area (Å²) in [6.45, 7) is 5.34. The first kappa shape index (κ1) is 22.0. The van der Waals surface area contributed by atoms with Gasteiger partial charge in [0.25, 0.3) is 0 Å². The number of halogens is 1. The Balaban J connectivity index is 1.29. The molecule has 34 heavy (non-hydrogen) atoms. The second-order valence-corrected chi connectivity index (χ2v) is 9.03. The summed E-state index contributed by atoms with van der Waals surface area (Å²) in [4.78, 5) is 8.79. The highest BCUT2D eigenvalue weighted by molar-refractivity contribution is 7.18. The largest absolute Gasteiger partial charge is 0.368 e. The van der Waals surface area contributed by atoms with Crippen molar-refractivity contribution in [3.63, 3.8) is 0 Å². The first-order chi connectivity index (χ1) is 16.5. The summed E-state index contributed by atoms with van der Waals surface area (Å²) in [6, 6.07) is 15.3. The smallest absolute Gasteiger partial charge is 0.205 e. The van der Waals surface area contributed by atoms with Gasteiger partial charge in [0.1, 0.15) is 23.0 Å². The third-order valence-electron chi connectivity index (χ3n) is 5.77. The fraction of sp³-hybridized carbons (Fsp3) is 0.200. The minimum atomic E-state index is -0.211. The molecule has 0 spiro atoms. The van der Waals surface area contributed by atoms with E-state index in [1.165, 1.54) is 11.3 Å². The molecular formula is C25H24FN7S. The molecule has 2 N–H and O–H groups in total. The Bertz CT molecular complexity index is 1460. The third-order valence-corrected chi connectivity index (χ3v) is 6.76. The molecule has 0 atom stereocenters. The highest BCUT2D eigenvalue weighted by atomic mass is 32.1. The zero-order valence-electron chi connectivity index (χ0n) is 19.1. The summed E-state index contributed by atoms with van der Waals surface area (Å²) in [5.41, 5.74) is 5.80. The molecule has 0 aliphatic heterocycles. The summed E-state index contributed by atoms with van der Waals surface area (Å²) in [6.07, 6.45) is 1.56. The molecule has 5 aromatic rings. The van der Waals surface area contributed by atoms with Gasteiger partial charge in [-0.2, -0.15) is 0 Å². The van der Waals surface area contributed by atoms with Crippen LogP contribution in [0.1, 0.15) is 11.3 Å². The number of benzene rings is 2. The number of hydrogen-bond donors (Lipinski definition) is 2. The number of aryl methyl sites for hydroxylation is 2. The van der Waals surface area contributed by atoms with Crippen molar-refractivity contribution in [1.82, 2.24) is 24.7 Å². The fourth-order valence-electron chi connectivity index (χ4n) is 4.05. The standard InChI is InChI=1S/C25H24FN7S/c1-15-10-19(26)12-22-20(15)11-16(2)33(22)9-8-28-23-13-21(29-14-30-23)17-4-6-18(7-5-17)24-31-32-25(27-3)34-24/h4-7,10-14H,8-9H2,1-3H3,(H,27,32)(H,28,29,30). The van der Waals surface area contributed by atoms with Gasteiger partial charge in [0.15, 0.2) is 0 Å². The van der Waals surface area contributed by atoms with Gasteiger partial charge < -0.3 is 15.2 Å². The van der Waals surface area contributed by atoms with Gasteiger partial charge in [0.05, 0.1) is 11.2 Å². The Morgan fingerprint density at radius 1 is 0.971 bits per heavy atom. The Hall–Kier alpha value is -3.85. The Kier molecular flexibility index (Phi) is 5.93. The van der Waals surface area contributed by atoms with Crippen LogP contribution in [-0.4, -0.2) is 38.3 Å². The van der Waals surface area contributed by atoms with E-state index in [0.717, 1.165) is 54.9 Å². The molecule has 3 heterocycles. The van der Waals surface area contributed by atoms with Crippen LogP contribution in [0.5, 0.6) is 0 Å². The summed E-state index contributed by atoms with van der Waals surface area (Å²) in [7, 11) is 1.83. The lowest BCUT2D eigenvalue weighted by Gasteiger charge is -2.11. The SMILES string of the molecule is CNc1nnc(-c2ccc(-c3cc(NCCn4c(C)cc5c(C)cc(F)cc54)ncn3)cc2)s1. The van der Waals surface area contributed by atoms with E-state index in [4.69, 9.17) is 0 Å². The monoisotopic (exact) mass is 473 g/mol.